The van der Waals surface area contributed by atoms with Crippen LogP contribution in [-0.4, -0.2) is 24.3 Å². The van der Waals surface area contributed by atoms with Gasteiger partial charge in [0.05, 0.1) is 6.61 Å². The number of hydrogen-bond donors (Lipinski definition) is 2. The van der Waals surface area contributed by atoms with Crippen LogP contribution in [0.3, 0.4) is 0 Å². The lowest BCUT2D eigenvalue weighted by Gasteiger charge is -2.19. The Kier molecular flexibility index (Phi) is 4.57. The molecule has 1 fully saturated rings. The summed E-state index contributed by atoms with van der Waals surface area (Å²) in [5, 5.41) is 13.1. The Morgan fingerprint density at radius 3 is 2.47 bits per heavy atom. The lowest BCUT2D eigenvalue weighted by atomic mass is 9.98. The predicted molar refractivity (Wildman–Crippen MR) is 71.3 cm³/mol. The summed E-state index contributed by atoms with van der Waals surface area (Å²) in [6.45, 7) is 3.21. The lowest BCUT2D eigenvalue weighted by molar-refractivity contribution is 0.258. The van der Waals surface area contributed by atoms with Crippen molar-refractivity contribution in [2.75, 3.05) is 13.2 Å². The van der Waals surface area contributed by atoms with E-state index in [0.29, 0.717) is 6.04 Å². The molecule has 2 rings (SSSR count). The largest absolute Gasteiger partial charge is 0.396 e. The zero-order valence-corrected chi connectivity index (χ0v) is 10.7. The molecule has 94 valence electrons. The minimum absolute atomic E-state index is 0.225. The summed E-state index contributed by atoms with van der Waals surface area (Å²) in [5.74, 6) is 0.233. The molecule has 1 aromatic carbocycles. The molecule has 0 spiro atoms. The van der Waals surface area contributed by atoms with E-state index in [2.05, 4.69) is 36.5 Å². The summed E-state index contributed by atoms with van der Waals surface area (Å²) in [6.07, 6.45) is 5.30. The van der Waals surface area contributed by atoms with Gasteiger partial charge in [0, 0.05) is 18.5 Å². The van der Waals surface area contributed by atoms with Gasteiger partial charge >= 0.3 is 0 Å². The van der Waals surface area contributed by atoms with Gasteiger partial charge in [-0.25, -0.2) is 0 Å². The molecule has 0 aliphatic heterocycles. The Labute approximate surface area is 104 Å². The van der Waals surface area contributed by atoms with Crippen molar-refractivity contribution in [2.24, 2.45) is 0 Å². The van der Waals surface area contributed by atoms with Crippen molar-refractivity contribution in [3.63, 3.8) is 0 Å². The van der Waals surface area contributed by atoms with Crippen LogP contribution in [0.1, 0.15) is 42.7 Å². The van der Waals surface area contributed by atoms with Crippen molar-refractivity contribution in [3.8, 4) is 0 Å². The van der Waals surface area contributed by atoms with Gasteiger partial charge in [0.15, 0.2) is 0 Å². The number of nitrogens with one attached hydrogen (secondary N) is 1. The Bertz CT molecular complexity index is 327. The van der Waals surface area contributed by atoms with E-state index in [1.807, 2.05) is 0 Å². The SMILES string of the molecule is Cc1ccc(C(CO)CNC2CCCC2)cc1. The van der Waals surface area contributed by atoms with E-state index in [1.165, 1.54) is 36.8 Å². The van der Waals surface area contributed by atoms with Crippen LogP contribution in [0.2, 0.25) is 0 Å². The monoisotopic (exact) mass is 233 g/mol. The van der Waals surface area contributed by atoms with Gasteiger partial charge in [0.1, 0.15) is 0 Å². The molecular weight excluding hydrogens is 210 g/mol. The van der Waals surface area contributed by atoms with Crippen LogP contribution in [0, 0.1) is 6.92 Å². The van der Waals surface area contributed by atoms with Crippen LogP contribution < -0.4 is 5.32 Å². The van der Waals surface area contributed by atoms with Gasteiger partial charge < -0.3 is 10.4 Å². The second-order valence-corrected chi connectivity index (χ2v) is 5.18. The fourth-order valence-corrected chi connectivity index (χ4v) is 2.57. The molecule has 0 aromatic heterocycles. The number of hydrogen-bond acceptors (Lipinski definition) is 2. The molecule has 0 saturated heterocycles. The zero-order valence-electron chi connectivity index (χ0n) is 10.7. The summed E-state index contributed by atoms with van der Waals surface area (Å²) in [5.41, 5.74) is 2.51. The van der Waals surface area contributed by atoms with Crippen LogP contribution in [0.15, 0.2) is 24.3 Å². The highest BCUT2D eigenvalue weighted by Crippen LogP contribution is 2.20. The summed E-state index contributed by atoms with van der Waals surface area (Å²) in [7, 11) is 0. The van der Waals surface area contributed by atoms with Crippen LogP contribution in [0.4, 0.5) is 0 Å². The summed E-state index contributed by atoms with van der Waals surface area (Å²) in [4.78, 5) is 0. The molecule has 1 aliphatic rings. The average molecular weight is 233 g/mol. The molecule has 2 nitrogen and oxygen atoms in total. The van der Waals surface area contributed by atoms with Gasteiger partial charge in [-0.3, -0.25) is 0 Å². The van der Waals surface area contributed by atoms with E-state index in [4.69, 9.17) is 0 Å². The van der Waals surface area contributed by atoms with Gasteiger partial charge in [0.25, 0.3) is 0 Å². The first-order chi connectivity index (χ1) is 8.29. The highest BCUT2D eigenvalue weighted by atomic mass is 16.3. The van der Waals surface area contributed by atoms with Crippen molar-refractivity contribution in [1.29, 1.82) is 0 Å². The molecule has 1 saturated carbocycles. The van der Waals surface area contributed by atoms with E-state index < -0.39 is 0 Å². The maximum Gasteiger partial charge on any atom is 0.0511 e. The number of rotatable bonds is 5. The molecule has 1 aliphatic carbocycles. The Morgan fingerprint density at radius 2 is 1.88 bits per heavy atom. The lowest BCUT2D eigenvalue weighted by Crippen LogP contribution is -2.31. The minimum Gasteiger partial charge on any atom is -0.396 e. The minimum atomic E-state index is 0.225. The van der Waals surface area contributed by atoms with Crippen LogP contribution >= 0.6 is 0 Å². The molecule has 1 aromatic rings. The number of aliphatic hydroxyl groups excluding tert-OH is 1. The topological polar surface area (TPSA) is 32.3 Å². The molecule has 17 heavy (non-hydrogen) atoms. The van der Waals surface area contributed by atoms with Crippen molar-refractivity contribution < 1.29 is 5.11 Å². The molecule has 2 N–H and O–H groups in total. The highest BCUT2D eigenvalue weighted by molar-refractivity contribution is 5.24. The predicted octanol–water partition coefficient (Wildman–Crippen LogP) is 2.60. The molecule has 2 heteroatoms. The molecule has 0 radical (unpaired) electrons. The number of benzene rings is 1. The van der Waals surface area contributed by atoms with Crippen molar-refractivity contribution >= 4 is 0 Å². The van der Waals surface area contributed by atoms with Gasteiger partial charge in [-0.15, -0.1) is 0 Å². The smallest absolute Gasteiger partial charge is 0.0511 e. The maximum absolute atomic E-state index is 9.48. The molecular formula is C15H23NO. The van der Waals surface area contributed by atoms with E-state index in [-0.39, 0.29) is 12.5 Å². The third-order valence-electron chi connectivity index (χ3n) is 3.78. The van der Waals surface area contributed by atoms with E-state index in [9.17, 15) is 5.11 Å². The summed E-state index contributed by atoms with van der Waals surface area (Å²) >= 11 is 0. The quantitative estimate of drug-likeness (QED) is 0.819. The Balaban J connectivity index is 1.89. The first-order valence-corrected chi connectivity index (χ1v) is 6.70. The summed E-state index contributed by atoms with van der Waals surface area (Å²) < 4.78 is 0. The standard InChI is InChI=1S/C15H23NO/c1-12-6-8-13(9-7-12)14(11-17)10-16-15-4-2-3-5-15/h6-9,14-17H,2-5,10-11H2,1H3. The Hall–Kier alpha value is -0.860. The van der Waals surface area contributed by atoms with E-state index in [0.717, 1.165) is 6.54 Å². The molecule has 1 atom stereocenters. The second-order valence-electron chi connectivity index (χ2n) is 5.18. The first kappa shape index (κ1) is 12.6. The third kappa shape index (κ3) is 3.55. The fraction of sp³-hybridized carbons (Fsp3) is 0.600. The second kappa shape index (κ2) is 6.18. The van der Waals surface area contributed by atoms with Gasteiger partial charge in [-0.05, 0) is 25.3 Å². The van der Waals surface area contributed by atoms with Gasteiger partial charge in [-0.2, -0.15) is 0 Å². The maximum atomic E-state index is 9.48. The highest BCUT2D eigenvalue weighted by Gasteiger charge is 2.17. The van der Waals surface area contributed by atoms with E-state index >= 15 is 0 Å². The fourth-order valence-electron chi connectivity index (χ4n) is 2.57. The van der Waals surface area contributed by atoms with Crippen LogP contribution in [0.5, 0.6) is 0 Å². The molecule has 0 amide bonds. The summed E-state index contributed by atoms with van der Waals surface area (Å²) in [6, 6.07) is 9.18. The molecule has 0 heterocycles. The van der Waals surface area contributed by atoms with Crippen LogP contribution in [0.25, 0.3) is 0 Å². The molecule has 1 unspecified atom stereocenters. The normalized spacial score (nSPS) is 18.5. The number of aliphatic hydroxyl groups is 1. The van der Waals surface area contributed by atoms with Crippen molar-refractivity contribution in [3.05, 3.63) is 35.4 Å². The van der Waals surface area contributed by atoms with Gasteiger partial charge in [0.2, 0.25) is 0 Å². The van der Waals surface area contributed by atoms with Crippen molar-refractivity contribution in [2.45, 2.75) is 44.6 Å². The van der Waals surface area contributed by atoms with Gasteiger partial charge in [-0.1, -0.05) is 42.7 Å². The Morgan fingerprint density at radius 1 is 1.24 bits per heavy atom. The van der Waals surface area contributed by atoms with E-state index in [1.54, 1.807) is 0 Å². The first-order valence-electron chi connectivity index (χ1n) is 6.70. The zero-order chi connectivity index (χ0) is 12.1. The number of aryl methyl sites for hydroxylation is 1. The molecule has 0 bridgehead atoms. The third-order valence-corrected chi connectivity index (χ3v) is 3.78. The average Bonchev–Trinajstić information content (AvgIpc) is 2.85. The van der Waals surface area contributed by atoms with Crippen LogP contribution in [-0.2, 0) is 0 Å². The van der Waals surface area contributed by atoms with Crippen molar-refractivity contribution in [1.82, 2.24) is 5.32 Å².